The van der Waals surface area contributed by atoms with Crippen LogP contribution in [0, 0.1) is 6.92 Å². The zero-order valence-electron chi connectivity index (χ0n) is 10.1. The maximum absolute atomic E-state index is 5.69. The highest BCUT2D eigenvalue weighted by Gasteiger charge is 2.04. The molecule has 0 bridgehead atoms. The van der Waals surface area contributed by atoms with Gasteiger partial charge in [-0.3, -0.25) is 0 Å². The van der Waals surface area contributed by atoms with E-state index in [4.69, 9.17) is 4.74 Å². The average Bonchev–Trinajstić information content (AvgIpc) is 2.14. The zero-order valence-corrected chi connectivity index (χ0v) is 10.1. The van der Waals surface area contributed by atoms with Crippen molar-refractivity contribution in [3.05, 3.63) is 29.8 Å². The van der Waals surface area contributed by atoms with Crippen LogP contribution in [-0.2, 0) is 0 Å². The Morgan fingerprint density at radius 3 is 2.60 bits per heavy atom. The molecule has 1 N–H and O–H groups in total. The van der Waals surface area contributed by atoms with Crippen LogP contribution in [0.2, 0.25) is 0 Å². The maximum Gasteiger partial charge on any atom is 0.119 e. The van der Waals surface area contributed by atoms with E-state index in [2.05, 4.69) is 45.1 Å². The molecule has 0 saturated carbocycles. The van der Waals surface area contributed by atoms with Crippen molar-refractivity contribution >= 4 is 0 Å². The molecule has 0 saturated heterocycles. The molecule has 0 radical (unpaired) electrons. The number of aryl methyl sites for hydroxylation is 1. The summed E-state index contributed by atoms with van der Waals surface area (Å²) in [6.07, 6.45) is 0. The average molecular weight is 207 g/mol. The molecule has 0 spiro atoms. The fraction of sp³-hybridized carbons (Fsp3) is 0.538. The number of ether oxygens (including phenoxy) is 1. The van der Waals surface area contributed by atoms with Gasteiger partial charge in [-0.05, 0) is 31.5 Å². The van der Waals surface area contributed by atoms with E-state index in [1.54, 1.807) is 0 Å². The molecule has 15 heavy (non-hydrogen) atoms. The van der Waals surface area contributed by atoms with Gasteiger partial charge < -0.3 is 10.1 Å². The van der Waals surface area contributed by atoms with E-state index < -0.39 is 0 Å². The van der Waals surface area contributed by atoms with Crippen LogP contribution in [0.1, 0.15) is 26.3 Å². The molecular weight excluding hydrogens is 186 g/mol. The SMILES string of the molecule is Cc1cccc(OCC(C)NC(C)C)c1. The summed E-state index contributed by atoms with van der Waals surface area (Å²) in [5.41, 5.74) is 1.23. The van der Waals surface area contributed by atoms with Gasteiger partial charge in [0.25, 0.3) is 0 Å². The molecule has 0 fully saturated rings. The molecular formula is C13H21NO. The second kappa shape index (κ2) is 5.76. The molecule has 0 aliphatic rings. The number of rotatable bonds is 5. The van der Waals surface area contributed by atoms with Crippen molar-refractivity contribution in [2.45, 2.75) is 39.8 Å². The van der Waals surface area contributed by atoms with Crippen LogP contribution in [-0.4, -0.2) is 18.7 Å². The van der Waals surface area contributed by atoms with E-state index in [0.29, 0.717) is 18.7 Å². The third kappa shape index (κ3) is 4.84. The van der Waals surface area contributed by atoms with E-state index in [0.717, 1.165) is 5.75 Å². The molecule has 0 heterocycles. The van der Waals surface area contributed by atoms with Gasteiger partial charge in [-0.1, -0.05) is 26.0 Å². The summed E-state index contributed by atoms with van der Waals surface area (Å²) < 4.78 is 5.69. The minimum absolute atomic E-state index is 0.380. The highest BCUT2D eigenvalue weighted by molar-refractivity contribution is 5.27. The fourth-order valence-corrected chi connectivity index (χ4v) is 1.54. The Bertz CT molecular complexity index is 296. The van der Waals surface area contributed by atoms with Crippen molar-refractivity contribution in [1.82, 2.24) is 5.32 Å². The van der Waals surface area contributed by atoms with Crippen LogP contribution in [0.3, 0.4) is 0 Å². The van der Waals surface area contributed by atoms with Crippen LogP contribution < -0.4 is 10.1 Å². The predicted molar refractivity (Wildman–Crippen MR) is 64.4 cm³/mol. The Kier molecular flexibility index (Phi) is 4.63. The van der Waals surface area contributed by atoms with E-state index >= 15 is 0 Å². The van der Waals surface area contributed by atoms with Crippen LogP contribution in [0.25, 0.3) is 0 Å². The first-order valence-electron chi connectivity index (χ1n) is 5.53. The Balaban J connectivity index is 2.36. The van der Waals surface area contributed by atoms with Gasteiger partial charge in [-0.2, -0.15) is 0 Å². The highest BCUT2D eigenvalue weighted by Crippen LogP contribution is 2.12. The van der Waals surface area contributed by atoms with Crippen LogP contribution in [0.5, 0.6) is 5.75 Å². The Morgan fingerprint density at radius 2 is 2.00 bits per heavy atom. The Morgan fingerprint density at radius 1 is 1.27 bits per heavy atom. The summed E-state index contributed by atoms with van der Waals surface area (Å²) in [6.45, 7) is 9.20. The van der Waals surface area contributed by atoms with Crippen LogP contribution in [0.4, 0.5) is 0 Å². The van der Waals surface area contributed by atoms with E-state index in [9.17, 15) is 0 Å². The normalized spacial score (nSPS) is 12.9. The summed E-state index contributed by atoms with van der Waals surface area (Å²) in [5, 5.41) is 3.40. The van der Waals surface area contributed by atoms with Crippen molar-refractivity contribution in [3.63, 3.8) is 0 Å². The molecule has 0 aliphatic carbocycles. The third-order valence-electron chi connectivity index (χ3n) is 2.11. The Labute approximate surface area is 92.6 Å². The van der Waals surface area contributed by atoms with Gasteiger partial charge >= 0.3 is 0 Å². The smallest absolute Gasteiger partial charge is 0.119 e. The van der Waals surface area contributed by atoms with Crippen molar-refractivity contribution < 1.29 is 4.74 Å². The van der Waals surface area contributed by atoms with Crippen LogP contribution in [0.15, 0.2) is 24.3 Å². The second-order valence-corrected chi connectivity index (χ2v) is 4.35. The first-order chi connectivity index (χ1) is 7.08. The maximum atomic E-state index is 5.69. The standard InChI is InChI=1S/C13H21NO/c1-10(2)14-12(4)9-15-13-7-5-6-11(3)8-13/h5-8,10,12,14H,9H2,1-4H3. The van der Waals surface area contributed by atoms with E-state index in [-0.39, 0.29) is 0 Å². The van der Waals surface area contributed by atoms with Gasteiger partial charge in [0, 0.05) is 12.1 Å². The van der Waals surface area contributed by atoms with Crippen molar-refractivity contribution in [2.24, 2.45) is 0 Å². The second-order valence-electron chi connectivity index (χ2n) is 4.35. The third-order valence-corrected chi connectivity index (χ3v) is 2.11. The van der Waals surface area contributed by atoms with Crippen LogP contribution >= 0.6 is 0 Å². The lowest BCUT2D eigenvalue weighted by atomic mass is 10.2. The van der Waals surface area contributed by atoms with E-state index in [1.807, 2.05) is 12.1 Å². The molecule has 0 aliphatic heterocycles. The predicted octanol–water partition coefficient (Wildman–Crippen LogP) is 2.76. The molecule has 2 heteroatoms. The van der Waals surface area contributed by atoms with Gasteiger partial charge in [0.2, 0.25) is 0 Å². The molecule has 1 aromatic rings. The number of benzene rings is 1. The molecule has 1 rings (SSSR count). The summed E-state index contributed by atoms with van der Waals surface area (Å²) in [7, 11) is 0. The van der Waals surface area contributed by atoms with Crippen molar-refractivity contribution in [3.8, 4) is 5.75 Å². The highest BCUT2D eigenvalue weighted by atomic mass is 16.5. The van der Waals surface area contributed by atoms with Gasteiger partial charge in [0.1, 0.15) is 12.4 Å². The Hall–Kier alpha value is -1.02. The summed E-state index contributed by atoms with van der Waals surface area (Å²) in [5.74, 6) is 0.951. The minimum Gasteiger partial charge on any atom is -0.492 e. The number of hydrogen-bond acceptors (Lipinski definition) is 2. The lowest BCUT2D eigenvalue weighted by Crippen LogP contribution is -2.36. The monoisotopic (exact) mass is 207 g/mol. The first kappa shape index (κ1) is 12.1. The molecule has 1 aromatic carbocycles. The molecule has 0 amide bonds. The molecule has 1 unspecified atom stereocenters. The summed E-state index contributed by atoms with van der Waals surface area (Å²) in [6, 6.07) is 9.03. The zero-order chi connectivity index (χ0) is 11.3. The lowest BCUT2D eigenvalue weighted by Gasteiger charge is -2.17. The topological polar surface area (TPSA) is 21.3 Å². The number of hydrogen-bond donors (Lipinski definition) is 1. The first-order valence-corrected chi connectivity index (χ1v) is 5.53. The molecule has 84 valence electrons. The molecule has 1 atom stereocenters. The summed E-state index contributed by atoms with van der Waals surface area (Å²) in [4.78, 5) is 0. The van der Waals surface area contributed by atoms with Crippen molar-refractivity contribution in [1.29, 1.82) is 0 Å². The number of nitrogens with one attached hydrogen (secondary N) is 1. The minimum atomic E-state index is 0.380. The quantitative estimate of drug-likeness (QED) is 0.801. The lowest BCUT2D eigenvalue weighted by molar-refractivity contribution is 0.266. The molecule has 0 aromatic heterocycles. The van der Waals surface area contributed by atoms with Crippen molar-refractivity contribution in [2.75, 3.05) is 6.61 Å². The van der Waals surface area contributed by atoms with Gasteiger partial charge in [-0.15, -0.1) is 0 Å². The molecule has 2 nitrogen and oxygen atoms in total. The van der Waals surface area contributed by atoms with Gasteiger partial charge in [0.15, 0.2) is 0 Å². The van der Waals surface area contributed by atoms with Gasteiger partial charge in [-0.25, -0.2) is 0 Å². The summed E-state index contributed by atoms with van der Waals surface area (Å²) >= 11 is 0. The fourth-order valence-electron chi connectivity index (χ4n) is 1.54. The van der Waals surface area contributed by atoms with E-state index in [1.165, 1.54) is 5.56 Å². The largest absolute Gasteiger partial charge is 0.492 e. The van der Waals surface area contributed by atoms with Gasteiger partial charge in [0.05, 0.1) is 0 Å².